The second-order valence-electron chi connectivity index (χ2n) is 8.55. The van der Waals surface area contributed by atoms with Gasteiger partial charge in [-0.1, -0.05) is 53.5 Å². The second kappa shape index (κ2) is 12.5. The van der Waals surface area contributed by atoms with E-state index in [-0.39, 0.29) is 22.9 Å². The lowest BCUT2D eigenvalue weighted by Crippen LogP contribution is -2.50. The van der Waals surface area contributed by atoms with Crippen LogP contribution in [0.1, 0.15) is 18.1 Å². The molecular formula is C27H29Cl2N3O5S. The number of hydrogen-bond acceptors (Lipinski definition) is 5. The molecule has 2 amide bonds. The lowest BCUT2D eigenvalue weighted by Gasteiger charge is -2.32. The first-order chi connectivity index (χ1) is 18.0. The fourth-order valence-electron chi connectivity index (χ4n) is 3.85. The lowest BCUT2D eigenvalue weighted by atomic mass is 10.1. The van der Waals surface area contributed by atoms with Crippen molar-refractivity contribution in [3.8, 4) is 5.75 Å². The molecule has 0 fully saturated rings. The van der Waals surface area contributed by atoms with Gasteiger partial charge in [0.05, 0.1) is 17.7 Å². The number of nitrogens with zero attached hydrogens (tertiary/aromatic N) is 2. The predicted molar refractivity (Wildman–Crippen MR) is 149 cm³/mol. The highest BCUT2D eigenvalue weighted by Gasteiger charge is 2.33. The van der Waals surface area contributed by atoms with Crippen molar-refractivity contribution < 1.29 is 22.7 Å². The van der Waals surface area contributed by atoms with E-state index in [1.165, 1.54) is 37.3 Å². The molecule has 0 aliphatic carbocycles. The maximum absolute atomic E-state index is 13.9. The number of halogens is 2. The maximum Gasteiger partial charge on any atom is 0.264 e. The first-order valence-corrected chi connectivity index (χ1v) is 13.9. The molecule has 8 nitrogen and oxygen atoms in total. The number of rotatable bonds is 10. The van der Waals surface area contributed by atoms with Crippen molar-refractivity contribution in [2.45, 2.75) is 31.3 Å². The Morgan fingerprint density at radius 3 is 2.32 bits per heavy atom. The summed E-state index contributed by atoms with van der Waals surface area (Å²) >= 11 is 12.4. The van der Waals surface area contributed by atoms with Gasteiger partial charge in [-0.3, -0.25) is 13.9 Å². The highest BCUT2D eigenvalue weighted by Crippen LogP contribution is 2.34. The summed E-state index contributed by atoms with van der Waals surface area (Å²) in [6.45, 7) is 2.72. The Morgan fingerprint density at radius 2 is 1.71 bits per heavy atom. The minimum Gasteiger partial charge on any atom is -0.495 e. The van der Waals surface area contributed by atoms with E-state index in [0.717, 1.165) is 9.87 Å². The topological polar surface area (TPSA) is 96.0 Å². The maximum atomic E-state index is 13.9. The molecule has 38 heavy (non-hydrogen) atoms. The Balaban J connectivity index is 2.11. The van der Waals surface area contributed by atoms with E-state index in [2.05, 4.69) is 5.32 Å². The number of nitrogens with one attached hydrogen (secondary N) is 1. The van der Waals surface area contributed by atoms with E-state index >= 15 is 0 Å². The average molecular weight is 579 g/mol. The predicted octanol–water partition coefficient (Wildman–Crippen LogP) is 4.67. The summed E-state index contributed by atoms with van der Waals surface area (Å²) < 4.78 is 34.2. The number of sulfonamides is 1. The SMILES string of the molecule is CNC(=O)[C@@H](C)N(Cc1ccc(Cl)cc1Cl)C(=O)CN(c1cc(C)ccc1OC)S(=O)(=O)c1ccccc1. The number of ether oxygens (including phenoxy) is 1. The monoisotopic (exact) mass is 577 g/mol. The molecule has 3 rings (SSSR count). The van der Waals surface area contributed by atoms with Crippen molar-refractivity contribution >= 4 is 50.7 Å². The Bertz CT molecular complexity index is 1420. The van der Waals surface area contributed by atoms with Crippen LogP contribution in [0.3, 0.4) is 0 Å². The number of hydrogen-bond donors (Lipinski definition) is 1. The van der Waals surface area contributed by atoms with Crippen LogP contribution in [0.2, 0.25) is 10.0 Å². The van der Waals surface area contributed by atoms with Gasteiger partial charge in [-0.25, -0.2) is 8.42 Å². The fraction of sp³-hybridized carbons (Fsp3) is 0.259. The van der Waals surface area contributed by atoms with Gasteiger partial charge in [-0.15, -0.1) is 0 Å². The normalized spacial score (nSPS) is 11.9. The van der Waals surface area contributed by atoms with Crippen LogP contribution in [0.4, 0.5) is 5.69 Å². The third-order valence-electron chi connectivity index (χ3n) is 5.98. The van der Waals surface area contributed by atoms with Crippen LogP contribution < -0.4 is 14.4 Å². The Kier molecular flexibility index (Phi) is 9.65. The summed E-state index contributed by atoms with van der Waals surface area (Å²) in [5, 5.41) is 3.27. The number of carbonyl (C=O) groups is 2. The van der Waals surface area contributed by atoms with Crippen LogP contribution in [0.25, 0.3) is 0 Å². The minimum absolute atomic E-state index is 0.00278. The molecule has 3 aromatic carbocycles. The van der Waals surface area contributed by atoms with E-state index in [1.807, 2.05) is 0 Å². The molecule has 0 saturated heterocycles. The van der Waals surface area contributed by atoms with Crippen LogP contribution in [-0.4, -0.2) is 51.9 Å². The molecule has 11 heteroatoms. The molecule has 0 bridgehead atoms. The summed E-state index contributed by atoms with van der Waals surface area (Å²) in [6, 6.07) is 16.7. The molecule has 1 N–H and O–H groups in total. The average Bonchev–Trinajstić information content (AvgIpc) is 2.90. The van der Waals surface area contributed by atoms with Gasteiger partial charge in [0.2, 0.25) is 11.8 Å². The largest absolute Gasteiger partial charge is 0.495 e. The number of methoxy groups -OCH3 is 1. The summed E-state index contributed by atoms with van der Waals surface area (Å²) in [7, 11) is -1.33. The third-order valence-corrected chi connectivity index (χ3v) is 8.34. The Labute approximate surface area is 233 Å². The molecule has 0 aromatic heterocycles. The highest BCUT2D eigenvalue weighted by atomic mass is 35.5. The molecule has 202 valence electrons. The number of aryl methyl sites for hydroxylation is 1. The van der Waals surface area contributed by atoms with Crippen molar-refractivity contribution in [2.24, 2.45) is 0 Å². The van der Waals surface area contributed by atoms with E-state index in [0.29, 0.717) is 15.6 Å². The number of amides is 2. The zero-order chi connectivity index (χ0) is 28.0. The minimum atomic E-state index is -4.21. The highest BCUT2D eigenvalue weighted by molar-refractivity contribution is 7.92. The van der Waals surface area contributed by atoms with Crippen molar-refractivity contribution in [1.29, 1.82) is 0 Å². The first-order valence-electron chi connectivity index (χ1n) is 11.7. The van der Waals surface area contributed by atoms with Crippen LogP contribution in [0, 0.1) is 6.92 Å². The zero-order valence-corrected chi connectivity index (χ0v) is 23.8. The standard InChI is InChI=1S/C27H29Cl2N3O5S/c1-18-10-13-25(37-4)24(14-18)32(38(35,36)22-8-6-5-7-9-22)17-26(33)31(19(2)27(34)30-3)16-20-11-12-21(28)15-23(20)29/h5-15,19H,16-17H2,1-4H3,(H,30,34)/t19-/m1/s1. The Hall–Kier alpha value is -3.27. The van der Waals surface area contributed by atoms with E-state index in [1.54, 1.807) is 62.4 Å². The van der Waals surface area contributed by atoms with Gasteiger partial charge in [-0.2, -0.15) is 0 Å². The van der Waals surface area contributed by atoms with Crippen LogP contribution >= 0.6 is 23.2 Å². The van der Waals surface area contributed by atoms with Crippen molar-refractivity contribution in [3.05, 3.63) is 87.9 Å². The molecule has 0 saturated carbocycles. The van der Waals surface area contributed by atoms with Crippen LogP contribution in [-0.2, 0) is 26.2 Å². The third kappa shape index (κ3) is 6.59. The second-order valence-corrected chi connectivity index (χ2v) is 11.3. The van der Waals surface area contributed by atoms with E-state index < -0.39 is 34.4 Å². The summed E-state index contributed by atoms with van der Waals surface area (Å²) in [5.74, 6) is -0.765. The number of benzene rings is 3. The van der Waals surface area contributed by atoms with Gasteiger partial charge in [0, 0.05) is 23.6 Å². The van der Waals surface area contributed by atoms with Gasteiger partial charge >= 0.3 is 0 Å². The number of carbonyl (C=O) groups excluding carboxylic acids is 2. The molecule has 0 unspecified atom stereocenters. The smallest absolute Gasteiger partial charge is 0.264 e. The summed E-state index contributed by atoms with van der Waals surface area (Å²) in [6.07, 6.45) is 0. The summed E-state index contributed by atoms with van der Waals surface area (Å²) in [5.41, 5.74) is 1.51. The van der Waals surface area contributed by atoms with Gasteiger partial charge in [0.15, 0.2) is 0 Å². The first kappa shape index (κ1) is 29.3. The van der Waals surface area contributed by atoms with Crippen molar-refractivity contribution in [2.75, 3.05) is 25.0 Å². The molecule has 0 aliphatic rings. The number of anilines is 1. The van der Waals surface area contributed by atoms with Crippen molar-refractivity contribution in [3.63, 3.8) is 0 Å². The van der Waals surface area contributed by atoms with Crippen molar-refractivity contribution in [1.82, 2.24) is 10.2 Å². The fourth-order valence-corrected chi connectivity index (χ4v) is 5.76. The van der Waals surface area contributed by atoms with E-state index in [4.69, 9.17) is 27.9 Å². The molecule has 0 spiro atoms. The quantitative estimate of drug-likeness (QED) is 0.378. The van der Waals surface area contributed by atoms with Gasteiger partial charge < -0.3 is 15.0 Å². The molecule has 0 radical (unpaired) electrons. The van der Waals surface area contributed by atoms with Crippen LogP contribution in [0.5, 0.6) is 5.75 Å². The van der Waals surface area contributed by atoms with Gasteiger partial charge in [0.25, 0.3) is 10.0 Å². The van der Waals surface area contributed by atoms with Gasteiger partial charge in [0.1, 0.15) is 18.3 Å². The Morgan fingerprint density at radius 1 is 1.03 bits per heavy atom. The summed E-state index contributed by atoms with van der Waals surface area (Å²) in [4.78, 5) is 27.7. The number of likely N-dealkylation sites (N-methyl/N-ethyl adjacent to an activating group) is 1. The molecule has 0 heterocycles. The van der Waals surface area contributed by atoms with Crippen LogP contribution in [0.15, 0.2) is 71.6 Å². The van der Waals surface area contributed by atoms with E-state index in [9.17, 15) is 18.0 Å². The molecule has 0 aliphatic heterocycles. The molecule has 3 aromatic rings. The zero-order valence-electron chi connectivity index (χ0n) is 21.4. The molecule has 1 atom stereocenters. The lowest BCUT2D eigenvalue weighted by molar-refractivity contribution is -0.139. The molecular weight excluding hydrogens is 549 g/mol. The van der Waals surface area contributed by atoms with Gasteiger partial charge in [-0.05, 0) is 61.4 Å².